The van der Waals surface area contributed by atoms with E-state index in [9.17, 15) is 18.0 Å². The number of nitrogens with zero attached hydrogens (tertiary/aromatic N) is 2. The van der Waals surface area contributed by atoms with Crippen molar-refractivity contribution in [3.05, 3.63) is 89.4 Å². The van der Waals surface area contributed by atoms with Crippen molar-refractivity contribution >= 4 is 39.1 Å². The molecule has 0 spiro atoms. The number of ether oxygens (including phenoxy) is 1. The highest BCUT2D eigenvalue weighted by atomic mass is 35.5. The second-order valence-corrected chi connectivity index (χ2v) is 12.0. The van der Waals surface area contributed by atoms with Crippen molar-refractivity contribution < 1.29 is 22.7 Å². The zero-order valence-corrected chi connectivity index (χ0v) is 25.5. The SMILES string of the molecule is CC[C@@H](C)NC(=O)[C@@H](CC)N(CCc1ccccc1)C(=O)CN(c1cc(Cl)ccc1OC)S(=O)(=O)c1ccccc1. The summed E-state index contributed by atoms with van der Waals surface area (Å²) in [6, 6.07) is 21.2. The minimum atomic E-state index is -4.23. The van der Waals surface area contributed by atoms with Crippen LogP contribution < -0.4 is 14.4 Å². The summed E-state index contributed by atoms with van der Waals surface area (Å²) in [6.07, 6.45) is 1.58. The molecule has 2 atom stereocenters. The summed E-state index contributed by atoms with van der Waals surface area (Å²) in [5, 5.41) is 3.26. The fourth-order valence-electron chi connectivity index (χ4n) is 4.43. The van der Waals surface area contributed by atoms with Gasteiger partial charge in [0, 0.05) is 17.6 Å². The Kier molecular flexibility index (Phi) is 11.6. The first-order chi connectivity index (χ1) is 19.6. The molecule has 3 aromatic carbocycles. The first kappa shape index (κ1) is 32.0. The number of halogens is 1. The molecule has 8 nitrogen and oxygen atoms in total. The zero-order valence-electron chi connectivity index (χ0n) is 23.9. The lowest BCUT2D eigenvalue weighted by Gasteiger charge is -2.34. The summed E-state index contributed by atoms with van der Waals surface area (Å²) in [5.41, 5.74) is 1.12. The molecule has 220 valence electrons. The highest BCUT2D eigenvalue weighted by Gasteiger charge is 2.34. The van der Waals surface area contributed by atoms with Crippen LogP contribution in [0, 0.1) is 0 Å². The predicted octanol–water partition coefficient (Wildman–Crippen LogP) is 5.31. The van der Waals surface area contributed by atoms with Gasteiger partial charge in [-0.2, -0.15) is 0 Å². The molecule has 0 saturated heterocycles. The summed E-state index contributed by atoms with van der Waals surface area (Å²) in [7, 11) is -2.81. The monoisotopic (exact) mass is 599 g/mol. The van der Waals surface area contributed by atoms with Gasteiger partial charge in [-0.15, -0.1) is 0 Å². The molecule has 0 heterocycles. The number of methoxy groups -OCH3 is 1. The number of carbonyl (C=O) groups excluding carboxylic acids is 2. The predicted molar refractivity (Wildman–Crippen MR) is 163 cm³/mol. The van der Waals surface area contributed by atoms with E-state index >= 15 is 0 Å². The van der Waals surface area contributed by atoms with Gasteiger partial charge in [0.25, 0.3) is 10.0 Å². The standard InChI is InChI=1S/C31H38ClN3O5S/c1-5-23(3)33-31(37)27(6-2)34(20-19-24-13-9-7-10-14-24)30(36)22-35(28-21-25(32)17-18-29(28)40-4)41(38,39)26-15-11-8-12-16-26/h7-18,21,23,27H,5-6,19-20,22H2,1-4H3,(H,33,37)/t23-,27-/m1/s1. The van der Waals surface area contributed by atoms with Crippen molar-refractivity contribution in [2.75, 3.05) is 24.5 Å². The number of sulfonamides is 1. The maximum absolute atomic E-state index is 14.1. The molecule has 0 unspecified atom stereocenters. The molecule has 0 aliphatic carbocycles. The molecule has 0 saturated carbocycles. The topological polar surface area (TPSA) is 96.0 Å². The van der Waals surface area contributed by atoms with Crippen LogP contribution in [-0.2, 0) is 26.0 Å². The third kappa shape index (κ3) is 8.24. The van der Waals surface area contributed by atoms with Gasteiger partial charge < -0.3 is 15.0 Å². The molecule has 1 N–H and O–H groups in total. The van der Waals surface area contributed by atoms with Crippen LogP contribution in [0.15, 0.2) is 83.8 Å². The number of nitrogens with one attached hydrogen (secondary N) is 1. The molecule has 0 aliphatic rings. The highest BCUT2D eigenvalue weighted by Crippen LogP contribution is 2.35. The Morgan fingerprint density at radius 3 is 2.17 bits per heavy atom. The van der Waals surface area contributed by atoms with Gasteiger partial charge in [0.05, 0.1) is 17.7 Å². The molecule has 2 amide bonds. The van der Waals surface area contributed by atoms with Crippen LogP contribution in [0.5, 0.6) is 5.75 Å². The lowest BCUT2D eigenvalue weighted by Crippen LogP contribution is -2.54. The summed E-state index contributed by atoms with van der Waals surface area (Å²) >= 11 is 6.28. The average molecular weight is 600 g/mol. The maximum atomic E-state index is 14.1. The Hall–Kier alpha value is -3.56. The Bertz CT molecular complexity index is 1400. The first-order valence-electron chi connectivity index (χ1n) is 13.7. The van der Waals surface area contributed by atoms with Crippen LogP contribution in [0.3, 0.4) is 0 Å². The minimum absolute atomic E-state index is 0.00668. The smallest absolute Gasteiger partial charge is 0.264 e. The molecular formula is C31H38ClN3O5S. The van der Waals surface area contributed by atoms with E-state index in [1.807, 2.05) is 51.1 Å². The van der Waals surface area contributed by atoms with Crippen molar-refractivity contribution in [1.82, 2.24) is 10.2 Å². The fourth-order valence-corrected chi connectivity index (χ4v) is 6.03. The van der Waals surface area contributed by atoms with E-state index in [4.69, 9.17) is 16.3 Å². The normalized spacial score (nSPS) is 12.7. The van der Waals surface area contributed by atoms with E-state index in [2.05, 4.69) is 5.32 Å². The van der Waals surface area contributed by atoms with Gasteiger partial charge in [0.15, 0.2) is 0 Å². The van der Waals surface area contributed by atoms with Crippen molar-refractivity contribution in [2.24, 2.45) is 0 Å². The van der Waals surface area contributed by atoms with E-state index < -0.39 is 28.5 Å². The van der Waals surface area contributed by atoms with Crippen LogP contribution in [0.1, 0.15) is 39.2 Å². The molecule has 3 rings (SSSR count). The quantitative estimate of drug-likeness (QED) is 0.271. The third-order valence-electron chi connectivity index (χ3n) is 6.89. The van der Waals surface area contributed by atoms with Gasteiger partial charge >= 0.3 is 0 Å². The Labute approximate surface area is 248 Å². The second-order valence-electron chi connectivity index (χ2n) is 9.71. The van der Waals surface area contributed by atoms with E-state index in [1.54, 1.807) is 30.3 Å². The van der Waals surface area contributed by atoms with E-state index in [-0.39, 0.29) is 39.8 Å². The van der Waals surface area contributed by atoms with Gasteiger partial charge in [0.2, 0.25) is 11.8 Å². The number of anilines is 1. The highest BCUT2D eigenvalue weighted by molar-refractivity contribution is 7.92. The van der Waals surface area contributed by atoms with Crippen LogP contribution >= 0.6 is 11.6 Å². The summed E-state index contributed by atoms with van der Waals surface area (Å²) in [6.45, 7) is 5.37. The van der Waals surface area contributed by atoms with Crippen molar-refractivity contribution in [2.45, 2.75) is 57.0 Å². The van der Waals surface area contributed by atoms with Crippen LogP contribution in [0.25, 0.3) is 0 Å². The van der Waals surface area contributed by atoms with Crippen LogP contribution in [-0.4, -0.2) is 57.4 Å². The van der Waals surface area contributed by atoms with Crippen molar-refractivity contribution in [1.29, 1.82) is 0 Å². The van der Waals surface area contributed by atoms with Crippen molar-refractivity contribution in [3.63, 3.8) is 0 Å². The van der Waals surface area contributed by atoms with Gasteiger partial charge in [0.1, 0.15) is 18.3 Å². The molecule has 0 aromatic heterocycles. The lowest BCUT2D eigenvalue weighted by molar-refractivity contribution is -0.139. The Balaban J connectivity index is 2.06. The fraction of sp³-hybridized carbons (Fsp3) is 0.355. The number of rotatable bonds is 14. The first-order valence-corrected chi connectivity index (χ1v) is 15.5. The summed E-state index contributed by atoms with van der Waals surface area (Å²) in [4.78, 5) is 29.0. The minimum Gasteiger partial charge on any atom is -0.495 e. The second kappa shape index (κ2) is 14.9. The molecule has 0 radical (unpaired) electrons. The van der Waals surface area contributed by atoms with Gasteiger partial charge in [-0.3, -0.25) is 13.9 Å². The largest absolute Gasteiger partial charge is 0.495 e. The molecule has 0 fully saturated rings. The van der Waals surface area contributed by atoms with Gasteiger partial charge in [-0.05, 0) is 62.1 Å². The number of carbonyl (C=O) groups is 2. The molecule has 0 bridgehead atoms. The molecule has 41 heavy (non-hydrogen) atoms. The van der Waals surface area contributed by atoms with Gasteiger partial charge in [-0.25, -0.2) is 8.42 Å². The van der Waals surface area contributed by atoms with E-state index in [0.29, 0.717) is 12.8 Å². The summed E-state index contributed by atoms with van der Waals surface area (Å²) < 4.78 is 34.4. The molecule has 3 aromatic rings. The van der Waals surface area contributed by atoms with Crippen LogP contribution in [0.2, 0.25) is 5.02 Å². The number of amides is 2. The third-order valence-corrected chi connectivity index (χ3v) is 8.90. The van der Waals surface area contributed by atoms with E-state index in [1.165, 1.54) is 30.2 Å². The van der Waals surface area contributed by atoms with Crippen LogP contribution in [0.4, 0.5) is 5.69 Å². The van der Waals surface area contributed by atoms with Gasteiger partial charge in [-0.1, -0.05) is 74.0 Å². The maximum Gasteiger partial charge on any atom is 0.264 e. The zero-order chi connectivity index (χ0) is 30.0. The number of hydrogen-bond acceptors (Lipinski definition) is 5. The molecular weight excluding hydrogens is 562 g/mol. The number of benzene rings is 3. The molecule has 10 heteroatoms. The Morgan fingerprint density at radius 2 is 1.59 bits per heavy atom. The lowest BCUT2D eigenvalue weighted by atomic mass is 10.1. The number of hydrogen-bond donors (Lipinski definition) is 1. The van der Waals surface area contributed by atoms with Crippen molar-refractivity contribution in [3.8, 4) is 5.75 Å². The molecule has 0 aliphatic heterocycles. The Morgan fingerprint density at radius 1 is 0.951 bits per heavy atom. The average Bonchev–Trinajstić information content (AvgIpc) is 2.98. The van der Waals surface area contributed by atoms with E-state index in [0.717, 1.165) is 16.3 Å². The summed E-state index contributed by atoms with van der Waals surface area (Å²) in [5.74, 6) is -0.561.